The van der Waals surface area contributed by atoms with Gasteiger partial charge in [0.1, 0.15) is 5.82 Å². The highest BCUT2D eigenvalue weighted by Crippen LogP contribution is 2.21. The third-order valence-electron chi connectivity index (χ3n) is 4.05. The van der Waals surface area contributed by atoms with Crippen LogP contribution in [0, 0.1) is 5.82 Å². The quantitative estimate of drug-likeness (QED) is 0.832. The smallest absolute Gasteiger partial charge is 0.123 e. The molecule has 23 heavy (non-hydrogen) atoms. The predicted molar refractivity (Wildman–Crippen MR) is 93.0 cm³/mol. The minimum absolute atomic E-state index is 0.197. The lowest BCUT2D eigenvalue weighted by atomic mass is 9.99. The first-order valence-electron chi connectivity index (χ1n) is 7.75. The molecule has 0 spiro atoms. The van der Waals surface area contributed by atoms with Crippen molar-refractivity contribution in [1.82, 2.24) is 9.80 Å². The van der Waals surface area contributed by atoms with Crippen molar-refractivity contribution in [1.29, 1.82) is 0 Å². The summed E-state index contributed by atoms with van der Waals surface area (Å²) in [6.45, 7) is 0.740. The van der Waals surface area contributed by atoms with E-state index in [0.717, 1.165) is 12.1 Å². The molecule has 0 fully saturated rings. The zero-order valence-electron chi connectivity index (χ0n) is 13.5. The maximum Gasteiger partial charge on any atom is 0.123 e. The number of rotatable bonds is 3. The summed E-state index contributed by atoms with van der Waals surface area (Å²) < 4.78 is 12.9. The minimum Gasteiger partial charge on any atom is -0.350 e. The molecular formula is C20H21FN2. The number of halogens is 1. The third-order valence-corrected chi connectivity index (χ3v) is 4.05. The van der Waals surface area contributed by atoms with Crippen LogP contribution in [-0.4, -0.2) is 29.9 Å². The molecule has 0 unspecified atom stereocenters. The first-order chi connectivity index (χ1) is 11.1. The summed E-state index contributed by atoms with van der Waals surface area (Å²) in [7, 11) is 4.15. The molecule has 2 nitrogen and oxygen atoms in total. The Bertz CT molecular complexity index is 674. The molecule has 0 N–H and O–H groups in total. The van der Waals surface area contributed by atoms with Gasteiger partial charge in [-0.3, -0.25) is 4.90 Å². The van der Waals surface area contributed by atoms with Gasteiger partial charge in [-0.15, -0.1) is 0 Å². The van der Waals surface area contributed by atoms with Crippen LogP contribution in [0.2, 0.25) is 0 Å². The van der Waals surface area contributed by atoms with Gasteiger partial charge in [0.25, 0.3) is 0 Å². The second-order valence-corrected chi connectivity index (χ2v) is 6.01. The van der Waals surface area contributed by atoms with Crippen molar-refractivity contribution in [2.75, 3.05) is 14.1 Å². The molecule has 0 atom stereocenters. The van der Waals surface area contributed by atoms with E-state index in [-0.39, 0.29) is 5.82 Å². The lowest BCUT2D eigenvalue weighted by Crippen LogP contribution is -2.24. The maximum absolute atomic E-state index is 12.9. The van der Waals surface area contributed by atoms with Gasteiger partial charge in [0, 0.05) is 25.0 Å². The molecule has 0 amide bonds. The topological polar surface area (TPSA) is 6.48 Å². The van der Waals surface area contributed by atoms with Crippen LogP contribution in [0.25, 0.3) is 0 Å². The zero-order chi connectivity index (χ0) is 16.2. The van der Waals surface area contributed by atoms with Crippen LogP contribution in [0.5, 0.6) is 0 Å². The fourth-order valence-electron chi connectivity index (χ4n) is 2.62. The van der Waals surface area contributed by atoms with E-state index in [0.29, 0.717) is 6.04 Å². The minimum atomic E-state index is -0.197. The molecule has 0 aromatic heterocycles. The summed E-state index contributed by atoms with van der Waals surface area (Å²) >= 11 is 0. The molecule has 1 aliphatic heterocycles. The van der Waals surface area contributed by atoms with Gasteiger partial charge in [0.15, 0.2) is 0 Å². The van der Waals surface area contributed by atoms with Gasteiger partial charge < -0.3 is 4.90 Å². The van der Waals surface area contributed by atoms with E-state index < -0.39 is 0 Å². The molecule has 0 saturated carbocycles. The molecule has 1 aromatic rings. The van der Waals surface area contributed by atoms with E-state index >= 15 is 0 Å². The summed E-state index contributed by atoms with van der Waals surface area (Å²) in [5.74, 6) is -0.197. The van der Waals surface area contributed by atoms with Gasteiger partial charge in [-0.25, -0.2) is 4.39 Å². The summed E-state index contributed by atoms with van der Waals surface area (Å²) in [6.07, 6.45) is 17.1. The Balaban J connectivity index is 1.66. The lowest BCUT2D eigenvalue weighted by molar-refractivity contribution is 0.390. The summed E-state index contributed by atoms with van der Waals surface area (Å²) in [5.41, 5.74) is 3.50. The van der Waals surface area contributed by atoms with E-state index in [1.54, 1.807) is 0 Å². The Hall–Kier alpha value is -2.39. The Kier molecular flexibility index (Phi) is 4.58. The molecule has 2 aliphatic rings. The van der Waals surface area contributed by atoms with Crippen LogP contribution >= 0.6 is 0 Å². The highest BCUT2D eigenvalue weighted by molar-refractivity contribution is 5.50. The second kappa shape index (κ2) is 6.80. The van der Waals surface area contributed by atoms with Gasteiger partial charge in [0.05, 0.1) is 0 Å². The van der Waals surface area contributed by atoms with Crippen molar-refractivity contribution in [3.05, 3.63) is 95.6 Å². The van der Waals surface area contributed by atoms with Crippen LogP contribution in [0.15, 0.2) is 84.3 Å². The first kappa shape index (κ1) is 15.5. The van der Waals surface area contributed by atoms with Crippen molar-refractivity contribution in [2.45, 2.75) is 12.6 Å². The monoisotopic (exact) mass is 308 g/mol. The molecule has 0 saturated heterocycles. The summed E-state index contributed by atoms with van der Waals surface area (Å²) in [5, 5.41) is 0. The Morgan fingerprint density at radius 3 is 2.04 bits per heavy atom. The van der Waals surface area contributed by atoms with E-state index in [4.69, 9.17) is 0 Å². The van der Waals surface area contributed by atoms with Gasteiger partial charge >= 0.3 is 0 Å². The molecule has 0 radical (unpaired) electrons. The second-order valence-electron chi connectivity index (χ2n) is 6.01. The van der Waals surface area contributed by atoms with Crippen LogP contribution in [0.3, 0.4) is 0 Å². The van der Waals surface area contributed by atoms with Crippen LogP contribution in [-0.2, 0) is 6.54 Å². The number of hydrogen-bond donors (Lipinski definition) is 0. The highest BCUT2D eigenvalue weighted by atomic mass is 19.1. The van der Waals surface area contributed by atoms with E-state index in [1.807, 2.05) is 12.1 Å². The molecule has 118 valence electrons. The van der Waals surface area contributed by atoms with Crippen molar-refractivity contribution in [3.63, 3.8) is 0 Å². The third kappa shape index (κ3) is 3.88. The molecule has 3 heteroatoms. The molecular weight excluding hydrogens is 287 g/mol. The van der Waals surface area contributed by atoms with Gasteiger partial charge in [-0.1, -0.05) is 36.4 Å². The number of nitrogens with zero attached hydrogens (tertiary/aromatic N) is 2. The largest absolute Gasteiger partial charge is 0.350 e. The van der Waals surface area contributed by atoms with Gasteiger partial charge in [0.2, 0.25) is 0 Å². The lowest BCUT2D eigenvalue weighted by Gasteiger charge is -2.22. The Morgan fingerprint density at radius 2 is 1.48 bits per heavy atom. The SMILES string of the molecule is CN(C)C1C=CC(=C2C=CN(Cc3ccc(F)cc3)C=C2)C=C1. The van der Waals surface area contributed by atoms with Crippen LogP contribution in [0.1, 0.15) is 5.56 Å². The summed E-state index contributed by atoms with van der Waals surface area (Å²) in [6, 6.07) is 7.00. The van der Waals surface area contributed by atoms with Crippen molar-refractivity contribution in [2.24, 2.45) is 0 Å². The summed E-state index contributed by atoms with van der Waals surface area (Å²) in [4.78, 5) is 4.27. The predicted octanol–water partition coefficient (Wildman–Crippen LogP) is 4.02. The zero-order valence-corrected chi connectivity index (χ0v) is 13.5. The highest BCUT2D eigenvalue weighted by Gasteiger charge is 2.10. The number of likely N-dealkylation sites (N-methyl/N-ethyl adjacent to an activating group) is 1. The average Bonchev–Trinajstić information content (AvgIpc) is 2.58. The fourth-order valence-corrected chi connectivity index (χ4v) is 2.62. The first-order valence-corrected chi connectivity index (χ1v) is 7.75. The molecule has 0 bridgehead atoms. The van der Waals surface area contributed by atoms with Crippen molar-refractivity contribution in [3.8, 4) is 0 Å². The molecule has 1 heterocycles. The Morgan fingerprint density at radius 1 is 0.913 bits per heavy atom. The van der Waals surface area contributed by atoms with Gasteiger partial charge in [-0.05, 0) is 55.1 Å². The standard InChI is InChI=1S/C20H21FN2/c1-22(2)20-9-5-17(6-10-20)18-11-13-23(14-12-18)15-16-3-7-19(21)8-4-16/h3-14,20H,15H2,1-2H3. The number of benzene rings is 1. The number of hydrogen-bond acceptors (Lipinski definition) is 2. The van der Waals surface area contributed by atoms with E-state index in [1.165, 1.54) is 23.3 Å². The normalized spacial score (nSPS) is 20.0. The van der Waals surface area contributed by atoms with Crippen LogP contribution < -0.4 is 0 Å². The van der Waals surface area contributed by atoms with E-state index in [2.05, 4.69) is 72.8 Å². The molecule has 3 rings (SSSR count). The number of allylic oxidation sites excluding steroid dienone is 6. The van der Waals surface area contributed by atoms with Crippen molar-refractivity contribution < 1.29 is 4.39 Å². The average molecular weight is 308 g/mol. The van der Waals surface area contributed by atoms with Crippen molar-refractivity contribution >= 4 is 0 Å². The fraction of sp³-hybridized carbons (Fsp3) is 0.200. The van der Waals surface area contributed by atoms with Crippen LogP contribution in [0.4, 0.5) is 4.39 Å². The molecule has 1 aromatic carbocycles. The van der Waals surface area contributed by atoms with Gasteiger partial charge in [-0.2, -0.15) is 0 Å². The maximum atomic E-state index is 12.9. The van der Waals surface area contributed by atoms with E-state index in [9.17, 15) is 4.39 Å². The molecule has 1 aliphatic carbocycles. The Labute approximate surface area is 137 Å².